The van der Waals surface area contributed by atoms with E-state index in [4.69, 9.17) is 9.26 Å². The molecule has 0 bridgehead atoms. The number of aromatic nitrogens is 4. The summed E-state index contributed by atoms with van der Waals surface area (Å²) in [6.07, 6.45) is 3.09. The van der Waals surface area contributed by atoms with Crippen LogP contribution >= 0.6 is 0 Å². The summed E-state index contributed by atoms with van der Waals surface area (Å²) in [5, 5.41) is 2.23. The second kappa shape index (κ2) is 7.10. The van der Waals surface area contributed by atoms with Crippen LogP contribution in [0, 0.1) is 0 Å². The molecule has 1 aliphatic rings. The van der Waals surface area contributed by atoms with Crippen molar-refractivity contribution in [2.45, 2.75) is 25.8 Å². The van der Waals surface area contributed by atoms with E-state index in [2.05, 4.69) is 20.1 Å². The number of methoxy groups -OCH3 is 1. The first-order valence-electron chi connectivity index (χ1n) is 8.65. The molecule has 1 amide bonds. The van der Waals surface area contributed by atoms with Gasteiger partial charge in [-0.25, -0.2) is 9.97 Å². The van der Waals surface area contributed by atoms with Crippen LogP contribution in [0.4, 0.5) is 0 Å². The van der Waals surface area contributed by atoms with Gasteiger partial charge < -0.3 is 19.1 Å². The highest BCUT2D eigenvalue weighted by atomic mass is 16.5. The lowest BCUT2D eigenvalue weighted by Crippen LogP contribution is -2.36. The Morgan fingerprint density at radius 1 is 1.41 bits per heavy atom. The van der Waals surface area contributed by atoms with Gasteiger partial charge in [0.15, 0.2) is 0 Å². The number of rotatable bonds is 5. The number of aryl methyl sites for hydroxylation is 1. The molecule has 0 atom stereocenters. The summed E-state index contributed by atoms with van der Waals surface area (Å²) in [5.41, 5.74) is 2.48. The van der Waals surface area contributed by atoms with Gasteiger partial charge >= 0.3 is 0 Å². The number of carbonyl (C=O) groups is 1. The molecule has 0 saturated carbocycles. The van der Waals surface area contributed by atoms with Crippen LogP contribution in [0.25, 0.3) is 11.4 Å². The van der Waals surface area contributed by atoms with Gasteiger partial charge in [0.1, 0.15) is 11.6 Å². The van der Waals surface area contributed by atoms with Crippen LogP contribution in [0.1, 0.15) is 23.6 Å². The molecule has 0 aliphatic carbocycles. The Morgan fingerprint density at radius 3 is 3.00 bits per heavy atom. The van der Waals surface area contributed by atoms with Crippen LogP contribution in [0.3, 0.4) is 0 Å². The minimum atomic E-state index is -0.293. The highest BCUT2D eigenvalue weighted by Crippen LogP contribution is 2.23. The van der Waals surface area contributed by atoms with Gasteiger partial charge in [0.25, 0.3) is 5.56 Å². The third-order valence-corrected chi connectivity index (χ3v) is 4.56. The highest BCUT2D eigenvalue weighted by molar-refractivity contribution is 5.76. The molecule has 140 valence electrons. The highest BCUT2D eigenvalue weighted by Gasteiger charge is 2.24. The molecule has 3 aromatic rings. The number of nitrogens with zero attached hydrogens (tertiary/aromatic N) is 3. The summed E-state index contributed by atoms with van der Waals surface area (Å²) in [7, 11) is 1.57. The Bertz CT molecular complexity index is 1000. The van der Waals surface area contributed by atoms with Crippen molar-refractivity contribution in [1.29, 1.82) is 0 Å². The average molecular weight is 369 g/mol. The van der Waals surface area contributed by atoms with Crippen molar-refractivity contribution in [2.75, 3.05) is 13.7 Å². The van der Waals surface area contributed by atoms with Gasteiger partial charge in [-0.3, -0.25) is 9.59 Å². The number of hydrogen-bond acceptors (Lipinski definition) is 6. The molecule has 0 saturated heterocycles. The van der Waals surface area contributed by atoms with Crippen LogP contribution in [0.15, 0.2) is 33.7 Å². The third-order valence-electron chi connectivity index (χ3n) is 4.56. The number of nitrogens with one attached hydrogen (secondary N) is 2. The molecule has 0 unspecified atom stereocenters. The van der Waals surface area contributed by atoms with Gasteiger partial charge in [-0.1, -0.05) is 0 Å². The van der Waals surface area contributed by atoms with Gasteiger partial charge in [0.2, 0.25) is 11.8 Å². The van der Waals surface area contributed by atoms with Crippen LogP contribution in [-0.4, -0.2) is 44.6 Å². The molecule has 1 aliphatic heterocycles. The molecule has 2 N–H and O–H groups in total. The minimum absolute atomic E-state index is 0.0202. The molecule has 3 aromatic heterocycles. The quantitative estimate of drug-likeness (QED) is 0.700. The van der Waals surface area contributed by atoms with Crippen molar-refractivity contribution in [3.63, 3.8) is 0 Å². The largest absolute Gasteiger partial charge is 0.481 e. The lowest BCUT2D eigenvalue weighted by molar-refractivity contribution is -0.132. The maximum absolute atomic E-state index is 12.5. The predicted molar refractivity (Wildman–Crippen MR) is 95.1 cm³/mol. The number of fused-ring (bicyclic) bond motifs is 1. The van der Waals surface area contributed by atoms with E-state index in [1.54, 1.807) is 24.3 Å². The van der Waals surface area contributed by atoms with Crippen molar-refractivity contribution in [3.05, 3.63) is 51.9 Å². The maximum Gasteiger partial charge on any atom is 0.280 e. The summed E-state index contributed by atoms with van der Waals surface area (Å²) in [6, 6.07) is 5.04. The first-order valence-corrected chi connectivity index (χ1v) is 8.65. The van der Waals surface area contributed by atoms with Crippen molar-refractivity contribution < 1.29 is 14.1 Å². The van der Waals surface area contributed by atoms with Crippen LogP contribution in [0.5, 0.6) is 5.88 Å². The maximum atomic E-state index is 12.5. The zero-order valence-electron chi connectivity index (χ0n) is 14.8. The van der Waals surface area contributed by atoms with Gasteiger partial charge in [-0.15, -0.1) is 0 Å². The molecule has 9 heteroatoms. The van der Waals surface area contributed by atoms with Crippen molar-refractivity contribution in [3.8, 4) is 17.3 Å². The average Bonchev–Trinajstić information content (AvgIpc) is 3.31. The first-order chi connectivity index (χ1) is 13.1. The van der Waals surface area contributed by atoms with E-state index < -0.39 is 0 Å². The van der Waals surface area contributed by atoms with Crippen molar-refractivity contribution >= 4 is 5.91 Å². The molecular weight excluding hydrogens is 350 g/mol. The lowest BCUT2D eigenvalue weighted by Gasteiger charge is -2.26. The summed E-state index contributed by atoms with van der Waals surface area (Å²) in [5.74, 6) is 1.79. The molecule has 27 heavy (non-hydrogen) atoms. The Hall–Kier alpha value is -3.36. The van der Waals surface area contributed by atoms with E-state index in [1.807, 2.05) is 6.07 Å². The molecule has 9 nitrogen and oxygen atoms in total. The van der Waals surface area contributed by atoms with Crippen LogP contribution in [-0.2, 0) is 24.2 Å². The smallest absolute Gasteiger partial charge is 0.280 e. The number of ether oxygens (including phenoxy) is 1. The van der Waals surface area contributed by atoms with Gasteiger partial charge in [-0.05, 0) is 6.07 Å². The normalized spacial score (nSPS) is 13.4. The van der Waals surface area contributed by atoms with E-state index in [-0.39, 0.29) is 11.5 Å². The summed E-state index contributed by atoms with van der Waals surface area (Å²) < 4.78 is 10.1. The van der Waals surface area contributed by atoms with Gasteiger partial charge in [-0.2, -0.15) is 5.16 Å². The Labute approximate surface area is 154 Å². The topological polar surface area (TPSA) is 117 Å². The number of amides is 1. The zero-order chi connectivity index (χ0) is 18.8. The monoisotopic (exact) mass is 369 g/mol. The molecule has 4 heterocycles. The van der Waals surface area contributed by atoms with Gasteiger partial charge in [0.05, 0.1) is 25.0 Å². The number of carbonyl (C=O) groups excluding carboxylic acids is 1. The van der Waals surface area contributed by atoms with E-state index in [9.17, 15) is 9.59 Å². The van der Waals surface area contributed by atoms with E-state index >= 15 is 0 Å². The Morgan fingerprint density at radius 2 is 2.30 bits per heavy atom. The number of imidazole rings is 1. The molecule has 0 radical (unpaired) electrons. The van der Waals surface area contributed by atoms with Crippen LogP contribution < -0.4 is 10.3 Å². The third kappa shape index (κ3) is 3.62. The lowest BCUT2D eigenvalue weighted by atomic mass is 10.1. The van der Waals surface area contributed by atoms with Gasteiger partial charge in [0, 0.05) is 49.7 Å². The molecule has 0 spiro atoms. The van der Waals surface area contributed by atoms with E-state index in [0.29, 0.717) is 44.0 Å². The standard InChI is InChI=1S/C18H19N5O4/c1-26-16-4-2-11(9-19-16)18-20-13-6-7-23(10-14(13)21-18)17(25)5-3-12-8-15(24)22-27-12/h2,4,8-9H,3,5-7,10H2,1H3,(H,20,21)(H,22,24). The van der Waals surface area contributed by atoms with E-state index in [0.717, 1.165) is 22.8 Å². The number of pyridine rings is 1. The number of hydrogen-bond donors (Lipinski definition) is 2. The number of H-pyrrole nitrogens is 2. The molecule has 4 rings (SSSR count). The predicted octanol–water partition coefficient (Wildman–Crippen LogP) is 1.28. The number of aromatic amines is 2. The Balaban J connectivity index is 1.42. The second-order valence-electron chi connectivity index (χ2n) is 6.34. The molecular formula is C18H19N5O4. The summed E-state index contributed by atoms with van der Waals surface area (Å²) in [6.45, 7) is 1.11. The van der Waals surface area contributed by atoms with Crippen molar-refractivity contribution in [1.82, 2.24) is 25.0 Å². The fourth-order valence-electron chi connectivity index (χ4n) is 3.12. The van der Waals surface area contributed by atoms with E-state index in [1.165, 1.54) is 6.07 Å². The second-order valence-corrected chi connectivity index (χ2v) is 6.34. The minimum Gasteiger partial charge on any atom is -0.481 e. The molecule has 0 fully saturated rings. The fraction of sp³-hybridized carbons (Fsp3) is 0.333. The first kappa shape index (κ1) is 17.1. The fourth-order valence-corrected chi connectivity index (χ4v) is 3.12. The Kier molecular flexibility index (Phi) is 4.49. The zero-order valence-corrected chi connectivity index (χ0v) is 14.8. The summed E-state index contributed by atoms with van der Waals surface area (Å²) >= 11 is 0. The van der Waals surface area contributed by atoms with Crippen LogP contribution in [0.2, 0.25) is 0 Å². The van der Waals surface area contributed by atoms with Crippen molar-refractivity contribution in [2.24, 2.45) is 0 Å². The summed E-state index contributed by atoms with van der Waals surface area (Å²) in [4.78, 5) is 37.5. The molecule has 0 aromatic carbocycles. The SMILES string of the molecule is COc1ccc(-c2nc3c([nH]2)CN(C(=O)CCc2cc(=O)[nH]o2)CC3)cn1.